The first-order chi connectivity index (χ1) is 18.0. The molecule has 0 unspecified atom stereocenters. The number of para-hydroxylation sites is 1. The molecule has 0 saturated carbocycles. The van der Waals surface area contributed by atoms with Crippen LogP contribution in [0.5, 0.6) is 0 Å². The molecule has 0 aliphatic rings. The average Bonchev–Trinajstić information content (AvgIpc) is 2.91. The summed E-state index contributed by atoms with van der Waals surface area (Å²) in [5, 5.41) is 3.30. The molecule has 1 N–H and O–H groups in total. The van der Waals surface area contributed by atoms with Gasteiger partial charge >= 0.3 is 10.2 Å². The number of hydrogen-bond donors (Lipinski definition) is 1. The maximum Gasteiger partial charge on any atom is 0.304 e. The number of nitrogens with zero attached hydrogens (tertiary/aromatic N) is 3. The van der Waals surface area contributed by atoms with Crippen LogP contribution in [0.2, 0.25) is 10.0 Å². The van der Waals surface area contributed by atoms with Crippen molar-refractivity contribution in [2.24, 2.45) is 0 Å². The lowest BCUT2D eigenvalue weighted by Gasteiger charge is -2.34. The molecule has 0 radical (unpaired) electrons. The van der Waals surface area contributed by atoms with Gasteiger partial charge in [0.2, 0.25) is 11.8 Å². The first kappa shape index (κ1) is 29.4. The Bertz CT molecular complexity index is 1360. The van der Waals surface area contributed by atoms with E-state index in [1.807, 2.05) is 30.3 Å². The molecule has 8 nitrogen and oxygen atoms in total. The van der Waals surface area contributed by atoms with E-state index >= 15 is 0 Å². The zero-order valence-corrected chi connectivity index (χ0v) is 23.7. The highest BCUT2D eigenvalue weighted by Crippen LogP contribution is 2.25. The molecule has 202 valence electrons. The fraction of sp³-hybridized carbons (Fsp3) is 0.259. The van der Waals surface area contributed by atoms with Crippen molar-refractivity contribution in [1.82, 2.24) is 14.5 Å². The molecule has 0 saturated heterocycles. The number of carbonyl (C=O) groups excluding carboxylic acids is 2. The van der Waals surface area contributed by atoms with Gasteiger partial charge in [-0.15, -0.1) is 0 Å². The van der Waals surface area contributed by atoms with Crippen LogP contribution in [-0.4, -0.2) is 63.2 Å². The molecule has 0 spiro atoms. The van der Waals surface area contributed by atoms with E-state index in [4.69, 9.17) is 23.2 Å². The van der Waals surface area contributed by atoms with Crippen molar-refractivity contribution in [3.05, 3.63) is 100 Å². The highest BCUT2D eigenvalue weighted by molar-refractivity contribution is 7.90. The van der Waals surface area contributed by atoms with Crippen molar-refractivity contribution >= 4 is 50.9 Å². The SMILES string of the molecule is CNC(=O)[C@@H](Cc1ccccc1)N(Cc1ccc(Cl)c(Cl)c1)C(=O)CN(c1ccccc1)S(=O)(=O)N(C)C. The van der Waals surface area contributed by atoms with Crippen LogP contribution in [0.4, 0.5) is 5.69 Å². The molecule has 0 bridgehead atoms. The number of amides is 2. The summed E-state index contributed by atoms with van der Waals surface area (Å²) < 4.78 is 28.6. The number of benzene rings is 3. The second-order valence-electron chi connectivity index (χ2n) is 8.72. The van der Waals surface area contributed by atoms with Gasteiger partial charge in [-0.1, -0.05) is 77.8 Å². The minimum absolute atomic E-state index is 0.00524. The summed E-state index contributed by atoms with van der Waals surface area (Å²) in [6, 6.07) is 21.7. The minimum atomic E-state index is -4.04. The van der Waals surface area contributed by atoms with E-state index < -0.39 is 28.7 Å². The van der Waals surface area contributed by atoms with Gasteiger partial charge in [0.25, 0.3) is 0 Å². The largest absolute Gasteiger partial charge is 0.357 e. The van der Waals surface area contributed by atoms with Crippen LogP contribution in [0.25, 0.3) is 0 Å². The van der Waals surface area contributed by atoms with Crippen molar-refractivity contribution < 1.29 is 18.0 Å². The highest BCUT2D eigenvalue weighted by atomic mass is 35.5. The van der Waals surface area contributed by atoms with Crippen LogP contribution in [0.1, 0.15) is 11.1 Å². The molecular weight excluding hydrogens is 547 g/mol. The van der Waals surface area contributed by atoms with E-state index in [1.165, 1.54) is 26.0 Å². The molecular formula is C27H30Cl2N4O4S. The van der Waals surface area contributed by atoms with Crippen molar-refractivity contribution in [2.75, 3.05) is 32.0 Å². The quantitative estimate of drug-likeness (QED) is 0.373. The van der Waals surface area contributed by atoms with Crippen molar-refractivity contribution in [3.63, 3.8) is 0 Å². The number of hydrogen-bond acceptors (Lipinski definition) is 4. The van der Waals surface area contributed by atoms with Crippen LogP contribution in [0.15, 0.2) is 78.9 Å². The zero-order valence-electron chi connectivity index (χ0n) is 21.3. The fourth-order valence-electron chi connectivity index (χ4n) is 3.87. The van der Waals surface area contributed by atoms with Gasteiger partial charge in [0.15, 0.2) is 0 Å². The van der Waals surface area contributed by atoms with E-state index in [0.717, 1.165) is 14.2 Å². The fourth-order valence-corrected chi connectivity index (χ4v) is 5.24. The molecule has 0 fully saturated rings. The predicted octanol–water partition coefficient (Wildman–Crippen LogP) is 3.99. The third-order valence-corrected chi connectivity index (χ3v) is 8.48. The zero-order chi connectivity index (χ0) is 27.9. The van der Waals surface area contributed by atoms with Crippen LogP contribution < -0.4 is 9.62 Å². The molecule has 0 aromatic heterocycles. The second-order valence-corrected chi connectivity index (χ2v) is 11.6. The molecule has 3 rings (SSSR count). The Kier molecular flexibility index (Phi) is 10.2. The Balaban J connectivity index is 2.06. The van der Waals surface area contributed by atoms with Crippen LogP contribution >= 0.6 is 23.2 Å². The molecule has 0 aliphatic heterocycles. The normalized spacial score (nSPS) is 12.2. The average molecular weight is 578 g/mol. The molecule has 0 aliphatic carbocycles. The second kappa shape index (κ2) is 13.1. The van der Waals surface area contributed by atoms with E-state index in [0.29, 0.717) is 21.3 Å². The van der Waals surface area contributed by atoms with Crippen molar-refractivity contribution in [2.45, 2.75) is 19.0 Å². The molecule has 3 aromatic rings. The third kappa shape index (κ3) is 7.26. The van der Waals surface area contributed by atoms with Gasteiger partial charge in [0, 0.05) is 34.1 Å². The lowest BCUT2D eigenvalue weighted by molar-refractivity contribution is -0.139. The number of halogens is 2. The summed E-state index contributed by atoms with van der Waals surface area (Å²) in [7, 11) is 0.248. The van der Waals surface area contributed by atoms with Gasteiger partial charge in [0.1, 0.15) is 12.6 Å². The van der Waals surface area contributed by atoms with Gasteiger partial charge in [-0.05, 0) is 35.4 Å². The monoisotopic (exact) mass is 576 g/mol. The molecule has 3 aromatic carbocycles. The molecule has 11 heteroatoms. The summed E-state index contributed by atoms with van der Waals surface area (Å²) in [5.74, 6) is -0.945. The third-order valence-electron chi connectivity index (χ3n) is 5.92. The van der Waals surface area contributed by atoms with Gasteiger partial charge in [-0.3, -0.25) is 9.59 Å². The summed E-state index contributed by atoms with van der Waals surface area (Å²) in [6.07, 6.45) is 0.222. The Hall–Kier alpha value is -3.11. The van der Waals surface area contributed by atoms with E-state index in [1.54, 1.807) is 48.5 Å². The maximum atomic E-state index is 14.0. The van der Waals surface area contributed by atoms with Gasteiger partial charge in [-0.25, -0.2) is 4.31 Å². The first-order valence-electron chi connectivity index (χ1n) is 11.8. The van der Waals surface area contributed by atoms with Crippen LogP contribution in [0, 0.1) is 0 Å². The van der Waals surface area contributed by atoms with Gasteiger partial charge in [-0.2, -0.15) is 12.7 Å². The summed E-state index contributed by atoms with van der Waals surface area (Å²) in [5.41, 5.74) is 1.80. The van der Waals surface area contributed by atoms with Crippen molar-refractivity contribution in [3.8, 4) is 0 Å². The molecule has 1 atom stereocenters. The Morgan fingerprint density at radius 3 is 2.03 bits per heavy atom. The molecule has 38 heavy (non-hydrogen) atoms. The number of rotatable bonds is 11. The number of anilines is 1. The van der Waals surface area contributed by atoms with E-state index in [9.17, 15) is 18.0 Å². The topological polar surface area (TPSA) is 90.0 Å². The highest BCUT2D eigenvalue weighted by Gasteiger charge is 2.34. The summed E-state index contributed by atoms with van der Waals surface area (Å²) in [6.45, 7) is -0.514. The van der Waals surface area contributed by atoms with E-state index in [-0.39, 0.29) is 18.9 Å². The Morgan fingerprint density at radius 2 is 1.47 bits per heavy atom. The number of carbonyl (C=O) groups is 2. The predicted molar refractivity (Wildman–Crippen MR) is 151 cm³/mol. The standard InChI is InChI=1S/C27H30Cl2N4O4S/c1-30-27(35)25(17-20-10-6-4-7-11-20)32(18-21-14-15-23(28)24(29)16-21)26(34)19-33(38(36,37)31(2)3)22-12-8-5-9-13-22/h4-16,25H,17-19H2,1-3H3,(H,30,35)/t25-/m1/s1. The Morgan fingerprint density at radius 1 is 0.868 bits per heavy atom. The smallest absolute Gasteiger partial charge is 0.304 e. The summed E-state index contributed by atoms with van der Waals surface area (Å²) >= 11 is 12.3. The number of likely N-dealkylation sites (N-methyl/N-ethyl adjacent to an activating group) is 1. The van der Waals surface area contributed by atoms with Gasteiger partial charge in [0.05, 0.1) is 15.7 Å². The van der Waals surface area contributed by atoms with Gasteiger partial charge < -0.3 is 10.2 Å². The Labute approximate surface area is 233 Å². The molecule has 0 heterocycles. The van der Waals surface area contributed by atoms with Crippen LogP contribution in [-0.2, 0) is 32.8 Å². The van der Waals surface area contributed by atoms with Crippen molar-refractivity contribution in [1.29, 1.82) is 0 Å². The van der Waals surface area contributed by atoms with E-state index in [2.05, 4.69) is 5.32 Å². The maximum absolute atomic E-state index is 14.0. The summed E-state index contributed by atoms with van der Waals surface area (Å²) in [4.78, 5) is 28.5. The lowest BCUT2D eigenvalue weighted by atomic mass is 10.0. The van der Waals surface area contributed by atoms with Crippen LogP contribution in [0.3, 0.4) is 0 Å². The first-order valence-corrected chi connectivity index (χ1v) is 13.9. The minimum Gasteiger partial charge on any atom is -0.357 e. The molecule has 2 amide bonds. The number of nitrogens with one attached hydrogen (secondary N) is 1. The lowest BCUT2D eigenvalue weighted by Crippen LogP contribution is -2.53.